The fraction of sp³-hybridized carbons (Fsp3) is 0.125. The van der Waals surface area contributed by atoms with Gasteiger partial charge in [0.2, 0.25) is 0 Å². The normalized spacial score (nSPS) is 10.7. The summed E-state index contributed by atoms with van der Waals surface area (Å²) in [6, 6.07) is 9.09. The van der Waals surface area contributed by atoms with Crippen molar-refractivity contribution in [2.75, 3.05) is 0 Å². The average molecular weight is 334 g/mol. The molecule has 0 aliphatic rings. The molecule has 1 amide bonds. The monoisotopic (exact) mass is 333 g/mol. The second kappa shape index (κ2) is 6.26. The SMILES string of the molecule is Cn1nc(CNC(=O)c2ccc(F)cc2Cl)cc1-c1ccco1. The predicted molar refractivity (Wildman–Crippen MR) is 83.5 cm³/mol. The minimum absolute atomic E-state index is 0.0693. The molecule has 0 aliphatic heterocycles. The largest absolute Gasteiger partial charge is 0.463 e. The highest BCUT2D eigenvalue weighted by molar-refractivity contribution is 6.33. The van der Waals surface area contributed by atoms with Gasteiger partial charge < -0.3 is 9.73 Å². The molecule has 0 saturated carbocycles. The molecule has 0 fully saturated rings. The lowest BCUT2D eigenvalue weighted by Crippen LogP contribution is -2.23. The Morgan fingerprint density at radius 3 is 2.91 bits per heavy atom. The van der Waals surface area contributed by atoms with Gasteiger partial charge in [0, 0.05) is 7.05 Å². The van der Waals surface area contributed by atoms with Crippen molar-refractivity contribution in [1.82, 2.24) is 15.1 Å². The molecule has 0 radical (unpaired) electrons. The maximum atomic E-state index is 13.0. The molecule has 0 unspecified atom stereocenters. The fourth-order valence-corrected chi connectivity index (χ4v) is 2.46. The highest BCUT2D eigenvalue weighted by Crippen LogP contribution is 2.20. The van der Waals surface area contributed by atoms with E-state index in [-0.39, 0.29) is 23.0 Å². The minimum atomic E-state index is -0.487. The number of aryl methyl sites for hydroxylation is 1. The van der Waals surface area contributed by atoms with E-state index >= 15 is 0 Å². The van der Waals surface area contributed by atoms with Crippen LogP contribution in [0.3, 0.4) is 0 Å². The second-order valence-electron chi connectivity index (χ2n) is 4.93. The molecular formula is C16H13ClFN3O2. The number of hydrogen-bond donors (Lipinski definition) is 1. The van der Waals surface area contributed by atoms with Gasteiger partial charge in [-0.3, -0.25) is 9.48 Å². The van der Waals surface area contributed by atoms with Crippen molar-refractivity contribution in [3.05, 3.63) is 64.8 Å². The number of nitrogens with one attached hydrogen (secondary N) is 1. The standard InChI is InChI=1S/C16H13ClFN3O2/c1-21-14(15-3-2-6-23-15)8-11(20-21)9-19-16(22)12-5-4-10(18)7-13(12)17/h2-8H,9H2,1H3,(H,19,22). The molecule has 3 aromatic rings. The maximum absolute atomic E-state index is 13.0. The van der Waals surface area contributed by atoms with Crippen LogP contribution in [0.5, 0.6) is 0 Å². The Balaban J connectivity index is 1.71. The van der Waals surface area contributed by atoms with Gasteiger partial charge in [-0.1, -0.05) is 11.6 Å². The van der Waals surface area contributed by atoms with Crippen LogP contribution in [0.25, 0.3) is 11.5 Å². The van der Waals surface area contributed by atoms with E-state index in [9.17, 15) is 9.18 Å². The summed E-state index contributed by atoms with van der Waals surface area (Å²) in [6.45, 7) is 0.223. The Morgan fingerprint density at radius 1 is 1.39 bits per heavy atom. The van der Waals surface area contributed by atoms with E-state index in [1.807, 2.05) is 12.1 Å². The molecule has 3 rings (SSSR count). The lowest BCUT2D eigenvalue weighted by atomic mass is 10.2. The molecule has 0 bridgehead atoms. The van der Waals surface area contributed by atoms with Gasteiger partial charge in [-0.15, -0.1) is 0 Å². The summed E-state index contributed by atoms with van der Waals surface area (Å²) in [4.78, 5) is 12.1. The molecule has 0 spiro atoms. The first kappa shape index (κ1) is 15.3. The van der Waals surface area contributed by atoms with Crippen molar-refractivity contribution >= 4 is 17.5 Å². The quantitative estimate of drug-likeness (QED) is 0.796. The van der Waals surface area contributed by atoms with Gasteiger partial charge in [-0.25, -0.2) is 4.39 Å². The summed E-state index contributed by atoms with van der Waals surface area (Å²) >= 11 is 5.87. The van der Waals surface area contributed by atoms with Crippen LogP contribution in [-0.2, 0) is 13.6 Å². The molecule has 5 nitrogen and oxygen atoms in total. The van der Waals surface area contributed by atoms with Crippen molar-refractivity contribution < 1.29 is 13.6 Å². The van der Waals surface area contributed by atoms with Crippen LogP contribution >= 0.6 is 11.6 Å². The number of hydrogen-bond acceptors (Lipinski definition) is 3. The summed E-state index contributed by atoms with van der Waals surface area (Å²) in [6.07, 6.45) is 1.58. The second-order valence-corrected chi connectivity index (χ2v) is 5.34. The maximum Gasteiger partial charge on any atom is 0.253 e. The minimum Gasteiger partial charge on any atom is -0.463 e. The molecule has 1 aromatic carbocycles. The first-order chi connectivity index (χ1) is 11.0. The van der Waals surface area contributed by atoms with Crippen LogP contribution in [0.1, 0.15) is 16.1 Å². The Morgan fingerprint density at radius 2 is 2.22 bits per heavy atom. The van der Waals surface area contributed by atoms with E-state index in [2.05, 4.69) is 10.4 Å². The van der Waals surface area contributed by atoms with Crippen LogP contribution in [0.2, 0.25) is 5.02 Å². The smallest absolute Gasteiger partial charge is 0.253 e. The Hall–Kier alpha value is -2.60. The van der Waals surface area contributed by atoms with Gasteiger partial charge in [0.1, 0.15) is 11.5 Å². The number of rotatable bonds is 4. The van der Waals surface area contributed by atoms with Gasteiger partial charge >= 0.3 is 0 Å². The Labute approximate surface area is 136 Å². The van der Waals surface area contributed by atoms with E-state index < -0.39 is 5.82 Å². The van der Waals surface area contributed by atoms with Gasteiger partial charge in [0.25, 0.3) is 5.91 Å². The van der Waals surface area contributed by atoms with Crippen LogP contribution in [0, 0.1) is 5.82 Å². The van der Waals surface area contributed by atoms with E-state index in [1.54, 1.807) is 24.1 Å². The Kier molecular flexibility index (Phi) is 4.16. The summed E-state index contributed by atoms with van der Waals surface area (Å²) in [5, 5.41) is 7.10. The zero-order valence-corrected chi connectivity index (χ0v) is 13.0. The Bertz CT molecular complexity index is 843. The number of amides is 1. The van der Waals surface area contributed by atoms with Gasteiger partial charge in [-0.2, -0.15) is 5.10 Å². The summed E-state index contributed by atoms with van der Waals surface area (Å²) < 4.78 is 20.0. The van der Waals surface area contributed by atoms with Gasteiger partial charge in [0.15, 0.2) is 5.76 Å². The summed E-state index contributed by atoms with van der Waals surface area (Å²) in [5.74, 6) is -0.182. The summed E-state index contributed by atoms with van der Waals surface area (Å²) in [5.41, 5.74) is 1.69. The molecular weight excluding hydrogens is 321 g/mol. The lowest BCUT2D eigenvalue weighted by Gasteiger charge is -2.05. The number of aromatic nitrogens is 2. The molecule has 1 N–H and O–H groups in total. The van der Waals surface area contributed by atoms with Crippen LogP contribution in [0.15, 0.2) is 47.1 Å². The molecule has 0 saturated heterocycles. The van der Waals surface area contributed by atoms with Gasteiger partial charge in [-0.05, 0) is 36.4 Å². The first-order valence-corrected chi connectivity index (χ1v) is 7.22. The van der Waals surface area contributed by atoms with Crippen molar-refractivity contribution in [3.63, 3.8) is 0 Å². The summed E-state index contributed by atoms with van der Waals surface area (Å²) in [7, 11) is 1.79. The molecule has 2 aromatic heterocycles. The van der Waals surface area contributed by atoms with Crippen molar-refractivity contribution in [3.8, 4) is 11.5 Å². The third kappa shape index (κ3) is 3.27. The first-order valence-electron chi connectivity index (χ1n) is 6.84. The molecule has 0 atom stereocenters. The average Bonchev–Trinajstić information content (AvgIpc) is 3.14. The molecule has 118 valence electrons. The lowest BCUT2D eigenvalue weighted by molar-refractivity contribution is 0.0950. The number of carbonyl (C=O) groups is 1. The third-order valence-electron chi connectivity index (χ3n) is 3.31. The van der Waals surface area contributed by atoms with Crippen molar-refractivity contribution in [2.24, 2.45) is 7.05 Å². The third-order valence-corrected chi connectivity index (χ3v) is 3.62. The van der Waals surface area contributed by atoms with E-state index in [0.717, 1.165) is 11.8 Å². The highest BCUT2D eigenvalue weighted by atomic mass is 35.5. The van der Waals surface area contributed by atoms with Crippen LogP contribution in [-0.4, -0.2) is 15.7 Å². The van der Waals surface area contributed by atoms with E-state index in [0.29, 0.717) is 11.5 Å². The van der Waals surface area contributed by atoms with E-state index in [4.69, 9.17) is 16.0 Å². The van der Waals surface area contributed by atoms with Crippen LogP contribution in [0.4, 0.5) is 4.39 Å². The predicted octanol–water partition coefficient (Wildman–Crippen LogP) is 3.40. The molecule has 2 heterocycles. The van der Waals surface area contributed by atoms with Gasteiger partial charge in [0.05, 0.1) is 29.1 Å². The molecule has 23 heavy (non-hydrogen) atoms. The van der Waals surface area contributed by atoms with Crippen LogP contribution < -0.4 is 5.32 Å². The number of furan rings is 1. The highest BCUT2D eigenvalue weighted by Gasteiger charge is 2.13. The zero-order valence-electron chi connectivity index (χ0n) is 12.2. The number of nitrogens with zero attached hydrogens (tertiary/aromatic N) is 2. The number of halogens is 2. The fourth-order valence-electron chi connectivity index (χ4n) is 2.21. The number of carbonyl (C=O) groups excluding carboxylic acids is 1. The molecule has 7 heteroatoms. The van der Waals surface area contributed by atoms with Crippen molar-refractivity contribution in [1.29, 1.82) is 0 Å². The zero-order chi connectivity index (χ0) is 16.4. The van der Waals surface area contributed by atoms with E-state index in [1.165, 1.54) is 12.1 Å². The topological polar surface area (TPSA) is 60.1 Å². The van der Waals surface area contributed by atoms with Crippen molar-refractivity contribution in [2.45, 2.75) is 6.54 Å². The molecule has 0 aliphatic carbocycles. The number of benzene rings is 1.